The number of nitrogens with zero attached hydrogens (tertiary/aromatic N) is 1. The molecule has 0 aliphatic heterocycles. The van der Waals surface area contributed by atoms with E-state index in [1.54, 1.807) is 13.0 Å². The fourth-order valence-electron chi connectivity index (χ4n) is 1.89. The van der Waals surface area contributed by atoms with Gasteiger partial charge in [0.2, 0.25) is 11.8 Å². The predicted molar refractivity (Wildman–Crippen MR) is 91.0 cm³/mol. The average molecular weight is 385 g/mol. The third-order valence-electron chi connectivity index (χ3n) is 3.12. The van der Waals surface area contributed by atoms with E-state index < -0.39 is 5.97 Å². The Hall–Kier alpha value is -1.89. The van der Waals surface area contributed by atoms with Crippen LogP contribution in [0.5, 0.6) is 0 Å². The van der Waals surface area contributed by atoms with E-state index in [9.17, 15) is 14.4 Å². The first kappa shape index (κ1) is 19.2. The van der Waals surface area contributed by atoms with Crippen molar-refractivity contribution in [3.63, 3.8) is 0 Å². The normalized spacial score (nSPS) is 10.1. The van der Waals surface area contributed by atoms with Gasteiger partial charge in [-0.2, -0.15) is 0 Å². The SMILES string of the molecule is CCOC(=O)CCC(=O)N(C)CC(=O)Nc1ccc(Br)cc1C. The number of carbonyl (C=O) groups excluding carboxylic acids is 3. The quantitative estimate of drug-likeness (QED) is 0.732. The van der Waals surface area contributed by atoms with Crippen molar-refractivity contribution in [1.29, 1.82) is 0 Å². The molecule has 0 radical (unpaired) electrons. The van der Waals surface area contributed by atoms with Crippen molar-refractivity contribution in [3.8, 4) is 0 Å². The molecule has 0 atom stereocenters. The Labute approximate surface area is 144 Å². The first-order valence-electron chi connectivity index (χ1n) is 7.29. The number of rotatable bonds is 7. The summed E-state index contributed by atoms with van der Waals surface area (Å²) in [6.07, 6.45) is 0.0460. The van der Waals surface area contributed by atoms with Crippen molar-refractivity contribution in [3.05, 3.63) is 28.2 Å². The number of carbonyl (C=O) groups is 3. The van der Waals surface area contributed by atoms with Crippen LogP contribution < -0.4 is 5.32 Å². The van der Waals surface area contributed by atoms with Crippen LogP contribution in [-0.2, 0) is 19.1 Å². The number of esters is 1. The van der Waals surface area contributed by atoms with Gasteiger partial charge in [0, 0.05) is 23.6 Å². The maximum absolute atomic E-state index is 12.0. The molecule has 0 heterocycles. The lowest BCUT2D eigenvalue weighted by Gasteiger charge is -2.17. The van der Waals surface area contributed by atoms with Crippen LogP contribution in [0.15, 0.2) is 22.7 Å². The van der Waals surface area contributed by atoms with Crippen molar-refractivity contribution in [2.24, 2.45) is 0 Å². The predicted octanol–water partition coefficient (Wildman–Crippen LogP) is 2.50. The molecule has 0 saturated carbocycles. The molecule has 0 aliphatic rings. The highest BCUT2D eigenvalue weighted by atomic mass is 79.9. The number of likely N-dealkylation sites (N-methyl/N-ethyl adjacent to an activating group) is 1. The molecule has 0 spiro atoms. The van der Waals surface area contributed by atoms with Crippen LogP contribution in [0.25, 0.3) is 0 Å². The van der Waals surface area contributed by atoms with Crippen molar-refractivity contribution in [2.75, 3.05) is 25.5 Å². The smallest absolute Gasteiger partial charge is 0.306 e. The summed E-state index contributed by atoms with van der Waals surface area (Å²) in [5, 5.41) is 2.76. The number of halogens is 1. The number of anilines is 1. The summed E-state index contributed by atoms with van der Waals surface area (Å²) in [7, 11) is 1.53. The summed E-state index contributed by atoms with van der Waals surface area (Å²) in [5.41, 5.74) is 1.62. The van der Waals surface area contributed by atoms with E-state index in [0.717, 1.165) is 10.0 Å². The molecule has 126 valence electrons. The van der Waals surface area contributed by atoms with E-state index in [4.69, 9.17) is 4.74 Å². The van der Waals surface area contributed by atoms with Gasteiger partial charge in [-0.1, -0.05) is 15.9 Å². The fraction of sp³-hybridized carbons (Fsp3) is 0.438. The molecule has 7 heteroatoms. The summed E-state index contributed by atoms with van der Waals surface area (Å²) in [5.74, 6) is -0.979. The Morgan fingerprint density at radius 2 is 1.96 bits per heavy atom. The summed E-state index contributed by atoms with van der Waals surface area (Å²) >= 11 is 3.36. The molecule has 2 amide bonds. The molecule has 0 unspecified atom stereocenters. The van der Waals surface area contributed by atoms with E-state index >= 15 is 0 Å². The number of hydrogen-bond donors (Lipinski definition) is 1. The second-order valence-corrected chi connectivity index (χ2v) is 5.98. The number of ether oxygens (including phenoxy) is 1. The molecule has 1 aromatic rings. The van der Waals surface area contributed by atoms with Gasteiger partial charge in [-0.3, -0.25) is 14.4 Å². The second kappa shape index (κ2) is 9.29. The van der Waals surface area contributed by atoms with E-state index in [-0.39, 0.29) is 37.8 Å². The Morgan fingerprint density at radius 1 is 1.26 bits per heavy atom. The zero-order chi connectivity index (χ0) is 17.4. The fourth-order valence-corrected chi connectivity index (χ4v) is 2.37. The lowest BCUT2D eigenvalue weighted by molar-refractivity contribution is -0.145. The minimum absolute atomic E-state index is 0.0183. The third-order valence-corrected chi connectivity index (χ3v) is 3.61. The molecule has 0 bridgehead atoms. The van der Waals surface area contributed by atoms with Crippen LogP contribution in [0.2, 0.25) is 0 Å². The molecule has 1 aromatic carbocycles. The van der Waals surface area contributed by atoms with Gasteiger partial charge in [-0.15, -0.1) is 0 Å². The van der Waals surface area contributed by atoms with Crippen LogP contribution in [0.3, 0.4) is 0 Å². The van der Waals surface area contributed by atoms with Gasteiger partial charge in [-0.25, -0.2) is 0 Å². The monoisotopic (exact) mass is 384 g/mol. The van der Waals surface area contributed by atoms with Crippen LogP contribution >= 0.6 is 15.9 Å². The Kier molecular flexibility index (Phi) is 7.74. The lowest BCUT2D eigenvalue weighted by atomic mass is 10.2. The molecule has 0 saturated heterocycles. The number of amides is 2. The van der Waals surface area contributed by atoms with Crippen LogP contribution in [0.1, 0.15) is 25.3 Å². The molecule has 6 nitrogen and oxygen atoms in total. The van der Waals surface area contributed by atoms with Gasteiger partial charge < -0.3 is 15.0 Å². The first-order valence-corrected chi connectivity index (χ1v) is 8.08. The third kappa shape index (κ3) is 6.81. The van der Waals surface area contributed by atoms with E-state index in [1.807, 2.05) is 19.1 Å². The molecule has 0 aliphatic carbocycles. The van der Waals surface area contributed by atoms with Crippen molar-refractivity contribution < 1.29 is 19.1 Å². The Bertz CT molecular complexity index is 589. The lowest BCUT2D eigenvalue weighted by Crippen LogP contribution is -2.35. The van der Waals surface area contributed by atoms with E-state index in [1.165, 1.54) is 11.9 Å². The molecular formula is C16H21BrN2O4. The van der Waals surface area contributed by atoms with Gasteiger partial charge in [0.1, 0.15) is 0 Å². The standard InChI is InChI=1S/C16H21BrN2O4/c1-4-23-16(22)8-7-15(21)19(3)10-14(20)18-13-6-5-12(17)9-11(13)2/h5-6,9H,4,7-8,10H2,1-3H3,(H,18,20). The number of aryl methyl sites for hydroxylation is 1. The van der Waals surface area contributed by atoms with Crippen LogP contribution in [-0.4, -0.2) is 42.9 Å². The van der Waals surface area contributed by atoms with Gasteiger partial charge in [0.25, 0.3) is 0 Å². The highest BCUT2D eigenvalue weighted by Crippen LogP contribution is 2.19. The number of nitrogens with one attached hydrogen (secondary N) is 1. The minimum Gasteiger partial charge on any atom is -0.466 e. The highest BCUT2D eigenvalue weighted by molar-refractivity contribution is 9.10. The summed E-state index contributed by atoms with van der Waals surface area (Å²) in [4.78, 5) is 36.4. The number of hydrogen-bond acceptors (Lipinski definition) is 4. The maximum Gasteiger partial charge on any atom is 0.306 e. The minimum atomic E-state index is -0.413. The van der Waals surface area contributed by atoms with Gasteiger partial charge in [0.15, 0.2) is 0 Å². The zero-order valence-electron chi connectivity index (χ0n) is 13.5. The molecule has 0 aromatic heterocycles. The molecule has 1 rings (SSSR count). The van der Waals surface area contributed by atoms with Crippen molar-refractivity contribution in [1.82, 2.24) is 4.90 Å². The Balaban J connectivity index is 2.46. The molecular weight excluding hydrogens is 364 g/mol. The van der Waals surface area contributed by atoms with Gasteiger partial charge >= 0.3 is 5.97 Å². The largest absolute Gasteiger partial charge is 0.466 e. The summed E-state index contributed by atoms with van der Waals surface area (Å²) < 4.78 is 5.69. The summed E-state index contributed by atoms with van der Waals surface area (Å²) in [6, 6.07) is 5.51. The molecule has 1 N–H and O–H groups in total. The average Bonchev–Trinajstić information content (AvgIpc) is 2.48. The topological polar surface area (TPSA) is 75.7 Å². The molecule has 23 heavy (non-hydrogen) atoms. The van der Waals surface area contributed by atoms with E-state index in [2.05, 4.69) is 21.2 Å². The van der Waals surface area contributed by atoms with Crippen molar-refractivity contribution in [2.45, 2.75) is 26.7 Å². The van der Waals surface area contributed by atoms with Crippen LogP contribution in [0, 0.1) is 6.92 Å². The molecule has 0 fully saturated rings. The summed E-state index contributed by atoms with van der Waals surface area (Å²) in [6.45, 7) is 3.81. The second-order valence-electron chi connectivity index (χ2n) is 5.06. The van der Waals surface area contributed by atoms with Crippen molar-refractivity contribution >= 4 is 39.4 Å². The van der Waals surface area contributed by atoms with Crippen LogP contribution in [0.4, 0.5) is 5.69 Å². The maximum atomic E-state index is 12.0. The number of benzene rings is 1. The zero-order valence-corrected chi connectivity index (χ0v) is 15.1. The van der Waals surface area contributed by atoms with E-state index in [0.29, 0.717) is 5.69 Å². The van der Waals surface area contributed by atoms with Gasteiger partial charge in [0.05, 0.1) is 19.6 Å². The van der Waals surface area contributed by atoms with Gasteiger partial charge in [-0.05, 0) is 37.6 Å². The first-order chi connectivity index (χ1) is 10.8. The Morgan fingerprint density at radius 3 is 2.57 bits per heavy atom. The highest BCUT2D eigenvalue weighted by Gasteiger charge is 2.15.